The van der Waals surface area contributed by atoms with E-state index in [0.717, 1.165) is 51.4 Å². The fourth-order valence-electron chi connectivity index (χ4n) is 3.43. The summed E-state index contributed by atoms with van der Waals surface area (Å²) < 4.78 is 33.3. The molecule has 9 nitrogen and oxygen atoms in total. The molecule has 0 aliphatic carbocycles. The molecule has 0 radical (unpaired) electrons. The van der Waals surface area contributed by atoms with Crippen LogP contribution in [0, 0.1) is 0 Å². The van der Waals surface area contributed by atoms with E-state index >= 15 is 0 Å². The molecule has 42 heavy (non-hydrogen) atoms. The summed E-state index contributed by atoms with van der Waals surface area (Å²) in [6.07, 6.45) is 24.9. The van der Waals surface area contributed by atoms with Crippen LogP contribution in [0.3, 0.4) is 0 Å². The molecule has 0 aliphatic heterocycles. The van der Waals surface area contributed by atoms with Gasteiger partial charge < -0.3 is 27.9 Å². The van der Waals surface area contributed by atoms with Crippen molar-refractivity contribution in [3.05, 3.63) is 48.6 Å². The zero-order valence-electron chi connectivity index (χ0n) is 26.7. The lowest BCUT2D eigenvalue weighted by atomic mass is 10.1. The summed E-state index contributed by atoms with van der Waals surface area (Å²) in [5.41, 5.74) is 0. The molecule has 0 fully saturated rings. The highest BCUT2D eigenvalue weighted by Crippen LogP contribution is 2.38. The first-order chi connectivity index (χ1) is 20.0. The summed E-state index contributed by atoms with van der Waals surface area (Å²) >= 11 is 0. The summed E-state index contributed by atoms with van der Waals surface area (Å²) in [6, 6.07) is 0. The fraction of sp³-hybridized carbons (Fsp3) is 0.688. The minimum atomic E-state index is -4.62. The lowest BCUT2D eigenvalue weighted by molar-refractivity contribution is -0.870. The van der Waals surface area contributed by atoms with Crippen molar-refractivity contribution in [3.8, 4) is 0 Å². The van der Waals surface area contributed by atoms with Gasteiger partial charge in [0, 0.05) is 12.8 Å². The van der Waals surface area contributed by atoms with Crippen LogP contribution in [0.1, 0.15) is 90.9 Å². The van der Waals surface area contributed by atoms with E-state index in [1.54, 1.807) is 0 Å². The number of carbonyl (C=O) groups excluding carboxylic acids is 2. The van der Waals surface area contributed by atoms with Gasteiger partial charge in [-0.25, -0.2) is 0 Å². The van der Waals surface area contributed by atoms with Gasteiger partial charge in [-0.05, 0) is 38.5 Å². The number of hydrogen-bond acceptors (Lipinski definition) is 8. The van der Waals surface area contributed by atoms with E-state index in [-0.39, 0.29) is 26.1 Å². The van der Waals surface area contributed by atoms with Crippen LogP contribution in [-0.2, 0) is 32.7 Å². The number of hydrogen-bond donors (Lipinski definition) is 0. The Morgan fingerprint density at radius 2 is 1.36 bits per heavy atom. The Labute approximate surface area is 254 Å². The molecule has 0 saturated carbocycles. The summed E-state index contributed by atoms with van der Waals surface area (Å²) in [5.74, 6) is -0.954. The van der Waals surface area contributed by atoms with Crippen LogP contribution in [-0.4, -0.2) is 70.0 Å². The Kier molecular flexibility index (Phi) is 24.2. The number of rotatable bonds is 26. The monoisotopic (exact) mass is 613 g/mol. The molecule has 242 valence electrons. The molecule has 10 heteroatoms. The molecule has 0 aromatic rings. The number of ether oxygens (including phenoxy) is 2. The molecular weight excluding hydrogens is 557 g/mol. The van der Waals surface area contributed by atoms with E-state index in [2.05, 4.69) is 50.3 Å². The Balaban J connectivity index is 4.65. The quantitative estimate of drug-likeness (QED) is 0.0353. The maximum atomic E-state index is 12.4. The Hall–Kier alpha value is -2.03. The van der Waals surface area contributed by atoms with Gasteiger partial charge in [0.2, 0.25) is 0 Å². The molecule has 0 amide bonds. The summed E-state index contributed by atoms with van der Waals surface area (Å²) in [7, 11) is 1.11. The van der Waals surface area contributed by atoms with Crippen molar-refractivity contribution in [3.63, 3.8) is 0 Å². The van der Waals surface area contributed by atoms with Gasteiger partial charge in [0.15, 0.2) is 6.10 Å². The molecular formula is C32H56NO8P. The molecule has 0 aromatic heterocycles. The first kappa shape index (κ1) is 40.0. The largest absolute Gasteiger partial charge is 0.756 e. The van der Waals surface area contributed by atoms with Crippen molar-refractivity contribution >= 4 is 19.8 Å². The van der Waals surface area contributed by atoms with E-state index < -0.39 is 32.5 Å². The average Bonchev–Trinajstić information content (AvgIpc) is 2.91. The second kappa shape index (κ2) is 25.5. The zero-order valence-corrected chi connectivity index (χ0v) is 27.6. The van der Waals surface area contributed by atoms with Crippen molar-refractivity contribution in [2.45, 2.75) is 97.0 Å². The maximum absolute atomic E-state index is 12.4. The number of unbranched alkanes of at least 4 members (excludes halogenated alkanes) is 4. The number of nitrogens with zero attached hydrogens (tertiary/aromatic N) is 1. The number of phosphoric acid groups is 1. The van der Waals surface area contributed by atoms with Crippen LogP contribution in [0.2, 0.25) is 0 Å². The van der Waals surface area contributed by atoms with Crippen molar-refractivity contribution in [1.82, 2.24) is 0 Å². The SMILES string of the molecule is CC/C=C\C/C=C\C/C=C\C/C=C\CCC(=O)OC(COC(=O)CCCCCCC)COP(=O)([O-])OCC[N+](C)(C)C. The highest BCUT2D eigenvalue weighted by Gasteiger charge is 2.21. The Morgan fingerprint density at radius 3 is 1.95 bits per heavy atom. The van der Waals surface area contributed by atoms with Gasteiger partial charge in [0.05, 0.1) is 27.7 Å². The molecule has 0 saturated heterocycles. The van der Waals surface area contributed by atoms with Gasteiger partial charge in [-0.3, -0.25) is 14.2 Å². The van der Waals surface area contributed by atoms with Crippen LogP contribution in [0.25, 0.3) is 0 Å². The second-order valence-electron chi connectivity index (χ2n) is 11.1. The molecule has 2 unspecified atom stereocenters. The van der Waals surface area contributed by atoms with Gasteiger partial charge in [0.25, 0.3) is 7.82 Å². The van der Waals surface area contributed by atoms with Gasteiger partial charge in [-0.1, -0.05) is 88.1 Å². The minimum absolute atomic E-state index is 0.0450. The summed E-state index contributed by atoms with van der Waals surface area (Å²) in [6.45, 7) is 3.87. The van der Waals surface area contributed by atoms with E-state index in [0.29, 0.717) is 23.9 Å². The number of carbonyl (C=O) groups is 2. The van der Waals surface area contributed by atoms with Crippen molar-refractivity contribution in [2.75, 3.05) is 47.5 Å². The van der Waals surface area contributed by atoms with Gasteiger partial charge >= 0.3 is 11.9 Å². The van der Waals surface area contributed by atoms with Crippen LogP contribution >= 0.6 is 7.82 Å². The molecule has 0 heterocycles. The predicted octanol–water partition coefficient (Wildman–Crippen LogP) is 6.60. The number of likely N-dealkylation sites (N-methyl/N-ethyl adjacent to an activating group) is 1. The normalized spacial score (nSPS) is 14.7. The minimum Gasteiger partial charge on any atom is -0.756 e. The number of esters is 2. The molecule has 0 rings (SSSR count). The molecule has 2 atom stereocenters. The molecule has 0 spiro atoms. The first-order valence-corrected chi connectivity index (χ1v) is 16.8. The third kappa shape index (κ3) is 28.1. The van der Waals surface area contributed by atoms with Crippen LogP contribution in [0.15, 0.2) is 48.6 Å². The van der Waals surface area contributed by atoms with E-state index in [4.69, 9.17) is 18.5 Å². The first-order valence-electron chi connectivity index (χ1n) is 15.3. The van der Waals surface area contributed by atoms with Crippen LogP contribution in [0.4, 0.5) is 0 Å². The van der Waals surface area contributed by atoms with Gasteiger partial charge in [0.1, 0.15) is 19.8 Å². The van der Waals surface area contributed by atoms with Crippen molar-refractivity contribution in [2.24, 2.45) is 0 Å². The van der Waals surface area contributed by atoms with Gasteiger partial charge in [-0.15, -0.1) is 0 Å². The Morgan fingerprint density at radius 1 is 0.762 bits per heavy atom. The highest BCUT2D eigenvalue weighted by molar-refractivity contribution is 7.45. The standard InChI is InChI=1S/C32H56NO8P/c1-6-8-10-12-13-14-15-16-17-18-19-21-23-25-32(35)41-30(28-38-31(34)24-22-20-11-9-7-2)29-40-42(36,37)39-27-26-33(3,4)5/h8,10,13-14,16-17,19,21,30H,6-7,9,11-12,15,18,20,22-29H2,1-5H3/b10-8-,14-13-,17-16-,21-19-. The smallest absolute Gasteiger partial charge is 0.306 e. The van der Waals surface area contributed by atoms with Crippen molar-refractivity contribution in [1.29, 1.82) is 0 Å². The Bertz CT molecular complexity index is 876. The summed E-state index contributed by atoms with van der Waals surface area (Å²) in [4.78, 5) is 36.8. The zero-order chi connectivity index (χ0) is 31.5. The molecule has 0 aromatic carbocycles. The lowest BCUT2D eigenvalue weighted by Crippen LogP contribution is -2.37. The van der Waals surface area contributed by atoms with Crippen molar-refractivity contribution < 1.29 is 42.1 Å². The van der Waals surface area contributed by atoms with E-state index in [1.165, 1.54) is 0 Å². The number of quaternary nitrogens is 1. The number of phosphoric ester groups is 1. The summed E-state index contributed by atoms with van der Waals surface area (Å²) in [5, 5.41) is 0. The maximum Gasteiger partial charge on any atom is 0.306 e. The number of allylic oxidation sites excluding steroid dienone is 8. The second-order valence-corrected chi connectivity index (χ2v) is 12.5. The third-order valence-electron chi connectivity index (χ3n) is 5.88. The fourth-order valence-corrected chi connectivity index (χ4v) is 4.16. The molecule has 0 aliphatic rings. The predicted molar refractivity (Wildman–Crippen MR) is 167 cm³/mol. The molecule has 0 bridgehead atoms. The average molecular weight is 614 g/mol. The van der Waals surface area contributed by atoms with Crippen LogP contribution in [0.5, 0.6) is 0 Å². The van der Waals surface area contributed by atoms with E-state index in [9.17, 15) is 19.0 Å². The van der Waals surface area contributed by atoms with Gasteiger partial charge in [-0.2, -0.15) is 0 Å². The topological polar surface area (TPSA) is 111 Å². The molecule has 0 N–H and O–H groups in total. The third-order valence-corrected chi connectivity index (χ3v) is 6.84. The lowest BCUT2D eigenvalue weighted by Gasteiger charge is -2.28. The van der Waals surface area contributed by atoms with E-state index in [1.807, 2.05) is 33.3 Å². The highest BCUT2D eigenvalue weighted by atomic mass is 31.2. The van der Waals surface area contributed by atoms with Crippen LogP contribution < -0.4 is 4.89 Å².